The average molecular weight is 230 g/mol. The van der Waals surface area contributed by atoms with Gasteiger partial charge in [0.25, 0.3) is 5.95 Å². The molecule has 0 aliphatic heterocycles. The van der Waals surface area contributed by atoms with Crippen molar-refractivity contribution in [3.63, 3.8) is 0 Å². The van der Waals surface area contributed by atoms with Crippen LogP contribution in [0.15, 0.2) is 35.4 Å². The van der Waals surface area contributed by atoms with Gasteiger partial charge in [0.15, 0.2) is 0 Å². The lowest BCUT2D eigenvalue weighted by atomic mass is 10.1. The Hall–Kier alpha value is -2.24. The lowest BCUT2D eigenvalue weighted by molar-refractivity contribution is 0.691. The Bertz CT molecular complexity index is 502. The minimum atomic E-state index is 0.198. The summed E-state index contributed by atoms with van der Waals surface area (Å²) in [5, 5.41) is 15.0. The Morgan fingerprint density at radius 3 is 2.71 bits per heavy atom. The van der Waals surface area contributed by atoms with E-state index in [1.54, 1.807) is 0 Å². The van der Waals surface area contributed by atoms with Gasteiger partial charge >= 0.3 is 0 Å². The van der Waals surface area contributed by atoms with E-state index in [-0.39, 0.29) is 5.95 Å². The van der Waals surface area contributed by atoms with Gasteiger partial charge in [0, 0.05) is 12.1 Å². The summed E-state index contributed by atoms with van der Waals surface area (Å²) in [7, 11) is 0. The maximum absolute atomic E-state index is 5.56. The van der Waals surface area contributed by atoms with Crippen molar-refractivity contribution in [3.8, 4) is 0 Å². The smallest absolute Gasteiger partial charge is 0.263 e. The highest BCUT2D eigenvalue weighted by molar-refractivity contribution is 5.86. The van der Waals surface area contributed by atoms with Crippen LogP contribution in [-0.2, 0) is 6.42 Å². The van der Waals surface area contributed by atoms with Crippen molar-refractivity contribution < 1.29 is 0 Å². The zero-order valence-corrected chi connectivity index (χ0v) is 9.61. The van der Waals surface area contributed by atoms with Crippen molar-refractivity contribution >= 4 is 11.7 Å². The lowest BCUT2D eigenvalue weighted by Gasteiger charge is -2.03. The summed E-state index contributed by atoms with van der Waals surface area (Å²) in [6.45, 7) is 2.04. The molecule has 0 bridgehead atoms. The van der Waals surface area contributed by atoms with Crippen LogP contribution in [0.2, 0.25) is 0 Å². The second-order valence-electron chi connectivity index (χ2n) is 3.61. The van der Waals surface area contributed by atoms with Crippen LogP contribution in [0.25, 0.3) is 0 Å². The van der Waals surface area contributed by atoms with Crippen LogP contribution < -0.4 is 5.73 Å². The molecule has 0 atom stereocenters. The van der Waals surface area contributed by atoms with E-state index in [4.69, 9.17) is 5.73 Å². The maximum atomic E-state index is 5.56. The molecule has 0 amide bonds. The molecule has 1 aromatic heterocycles. The maximum Gasteiger partial charge on any atom is 0.263 e. The molecule has 0 spiro atoms. The molecular weight excluding hydrogens is 216 g/mol. The number of anilines is 1. The second-order valence-corrected chi connectivity index (χ2v) is 3.61. The largest absolute Gasteiger partial charge is 0.365 e. The average Bonchev–Trinajstić information content (AvgIpc) is 2.75. The molecule has 0 aliphatic rings. The van der Waals surface area contributed by atoms with E-state index in [0.29, 0.717) is 0 Å². The molecule has 0 fully saturated rings. The number of nitrogen functional groups attached to an aromatic ring is 1. The fourth-order valence-electron chi connectivity index (χ4n) is 1.46. The van der Waals surface area contributed by atoms with E-state index >= 15 is 0 Å². The Kier molecular flexibility index (Phi) is 3.44. The zero-order chi connectivity index (χ0) is 12.1. The third-order valence-electron chi connectivity index (χ3n) is 2.37. The van der Waals surface area contributed by atoms with Crippen molar-refractivity contribution in [1.82, 2.24) is 20.3 Å². The van der Waals surface area contributed by atoms with Crippen molar-refractivity contribution in [3.05, 3.63) is 35.9 Å². The van der Waals surface area contributed by atoms with Crippen LogP contribution in [-0.4, -0.2) is 26.0 Å². The fraction of sp³-hybridized carbons (Fsp3) is 0.273. The van der Waals surface area contributed by atoms with Gasteiger partial charge in [-0.25, -0.2) is 0 Å². The predicted octanol–water partition coefficient (Wildman–Crippen LogP) is 1.11. The van der Waals surface area contributed by atoms with E-state index in [9.17, 15) is 0 Å². The predicted molar refractivity (Wildman–Crippen MR) is 65.5 cm³/mol. The normalized spacial score (nSPS) is 11.7. The molecule has 88 valence electrons. The Morgan fingerprint density at radius 2 is 2.12 bits per heavy atom. The second kappa shape index (κ2) is 5.20. The van der Waals surface area contributed by atoms with Gasteiger partial charge in [-0.15, -0.1) is 0 Å². The molecule has 0 radical (unpaired) electrons. The van der Waals surface area contributed by atoms with E-state index in [0.717, 1.165) is 18.6 Å². The van der Waals surface area contributed by atoms with Crippen LogP contribution in [0.1, 0.15) is 18.9 Å². The Balaban J connectivity index is 2.17. The molecule has 17 heavy (non-hydrogen) atoms. The number of aromatic nitrogens is 4. The highest BCUT2D eigenvalue weighted by Crippen LogP contribution is 2.04. The van der Waals surface area contributed by atoms with Gasteiger partial charge in [0.1, 0.15) is 0 Å². The molecule has 2 aromatic rings. The molecule has 6 heteroatoms. The van der Waals surface area contributed by atoms with Gasteiger partial charge in [-0.05, 0) is 22.4 Å². The zero-order valence-electron chi connectivity index (χ0n) is 9.61. The van der Waals surface area contributed by atoms with Crippen molar-refractivity contribution in [2.75, 3.05) is 5.73 Å². The Morgan fingerprint density at radius 1 is 1.35 bits per heavy atom. The highest BCUT2D eigenvalue weighted by Gasteiger charge is 2.03. The van der Waals surface area contributed by atoms with Crippen LogP contribution in [0.5, 0.6) is 0 Å². The molecule has 1 heterocycles. The minimum absolute atomic E-state index is 0.198. The summed E-state index contributed by atoms with van der Waals surface area (Å²) in [4.78, 5) is 1.25. The molecule has 0 unspecified atom stereocenters. The quantitative estimate of drug-likeness (QED) is 0.798. The first-order valence-electron chi connectivity index (χ1n) is 5.44. The number of hydrogen-bond acceptors (Lipinski definition) is 5. The number of tetrazole rings is 1. The summed E-state index contributed by atoms with van der Waals surface area (Å²) in [5.41, 5.74) is 7.75. The molecular formula is C11H14N6. The van der Waals surface area contributed by atoms with Gasteiger partial charge in [-0.3, -0.25) is 0 Å². The van der Waals surface area contributed by atoms with Gasteiger partial charge < -0.3 is 5.73 Å². The summed E-state index contributed by atoms with van der Waals surface area (Å²) >= 11 is 0. The molecule has 6 nitrogen and oxygen atoms in total. The van der Waals surface area contributed by atoms with Gasteiger partial charge in [-0.2, -0.15) is 5.10 Å². The fourth-order valence-corrected chi connectivity index (χ4v) is 1.46. The first kappa shape index (κ1) is 11.3. The number of rotatable bonds is 4. The van der Waals surface area contributed by atoms with Gasteiger partial charge in [0.2, 0.25) is 0 Å². The van der Waals surface area contributed by atoms with E-state index in [1.165, 1.54) is 10.4 Å². The van der Waals surface area contributed by atoms with Crippen molar-refractivity contribution in [1.29, 1.82) is 0 Å². The number of nitrogens with zero attached hydrogens (tertiary/aromatic N) is 5. The summed E-state index contributed by atoms with van der Waals surface area (Å²) in [6, 6.07) is 10.1. The molecule has 1 aromatic carbocycles. The Labute approximate surface area is 99.1 Å². The SMILES string of the molecule is CCC(Cc1ccccc1)=Nn1nnnc1N. The topological polar surface area (TPSA) is 82.0 Å². The molecule has 2 N–H and O–H groups in total. The first-order chi connectivity index (χ1) is 8.29. The van der Waals surface area contributed by atoms with Crippen LogP contribution >= 0.6 is 0 Å². The standard InChI is InChI=1S/C11H14N6/c1-2-10(8-9-6-4-3-5-7-9)14-17-11(12)13-15-16-17/h3-7H,2,8H2,1H3,(H2,12,13,16). The van der Waals surface area contributed by atoms with Gasteiger partial charge in [0.05, 0.1) is 0 Å². The molecule has 0 saturated heterocycles. The lowest BCUT2D eigenvalue weighted by Crippen LogP contribution is -2.08. The summed E-state index contributed by atoms with van der Waals surface area (Å²) < 4.78 is 0. The van der Waals surface area contributed by atoms with E-state index in [2.05, 4.69) is 32.8 Å². The number of nitrogens with two attached hydrogens (primary N) is 1. The van der Waals surface area contributed by atoms with E-state index < -0.39 is 0 Å². The third kappa shape index (κ3) is 2.87. The molecule has 0 saturated carbocycles. The highest BCUT2D eigenvalue weighted by atomic mass is 15.7. The third-order valence-corrected chi connectivity index (χ3v) is 2.37. The van der Waals surface area contributed by atoms with Crippen LogP contribution in [0.4, 0.5) is 5.95 Å². The summed E-state index contributed by atoms with van der Waals surface area (Å²) in [5.74, 6) is 0.198. The van der Waals surface area contributed by atoms with Crippen molar-refractivity contribution in [2.24, 2.45) is 5.10 Å². The first-order valence-corrected chi connectivity index (χ1v) is 5.44. The number of benzene rings is 1. The molecule has 2 rings (SSSR count). The molecule has 0 aliphatic carbocycles. The summed E-state index contributed by atoms with van der Waals surface area (Å²) in [6.07, 6.45) is 1.60. The van der Waals surface area contributed by atoms with Crippen molar-refractivity contribution in [2.45, 2.75) is 19.8 Å². The van der Waals surface area contributed by atoms with Gasteiger partial charge in [-0.1, -0.05) is 47.1 Å². The van der Waals surface area contributed by atoms with E-state index in [1.807, 2.05) is 25.1 Å². The monoisotopic (exact) mass is 230 g/mol. The van der Waals surface area contributed by atoms with Crippen LogP contribution in [0.3, 0.4) is 0 Å². The minimum Gasteiger partial charge on any atom is -0.365 e. The van der Waals surface area contributed by atoms with Crippen LogP contribution in [0, 0.1) is 0 Å². The number of hydrogen-bond donors (Lipinski definition) is 1.